The Labute approximate surface area is 174 Å². The van der Waals surface area contributed by atoms with Crippen molar-refractivity contribution in [2.75, 3.05) is 26.2 Å². The Hall–Kier alpha value is -2.41. The van der Waals surface area contributed by atoms with Crippen LogP contribution in [0.3, 0.4) is 0 Å². The molecule has 158 valence electrons. The SMILES string of the molecule is CCNC(=NCc1ccccc1CN1CCCCC1)NCCn1cnnc1CC. The van der Waals surface area contributed by atoms with Crippen LogP contribution in [0, 0.1) is 0 Å². The van der Waals surface area contributed by atoms with Crippen molar-refractivity contribution in [2.24, 2.45) is 4.99 Å². The van der Waals surface area contributed by atoms with Crippen molar-refractivity contribution >= 4 is 5.96 Å². The molecular weight excluding hydrogens is 362 g/mol. The second kappa shape index (κ2) is 11.6. The van der Waals surface area contributed by atoms with Crippen molar-refractivity contribution in [3.63, 3.8) is 0 Å². The molecule has 0 radical (unpaired) electrons. The summed E-state index contributed by atoms with van der Waals surface area (Å²) >= 11 is 0. The second-order valence-electron chi connectivity index (χ2n) is 7.52. The van der Waals surface area contributed by atoms with Crippen molar-refractivity contribution in [1.82, 2.24) is 30.3 Å². The fraction of sp³-hybridized carbons (Fsp3) is 0.591. The topological polar surface area (TPSA) is 70.4 Å². The van der Waals surface area contributed by atoms with Gasteiger partial charge in [0.15, 0.2) is 5.96 Å². The lowest BCUT2D eigenvalue weighted by Crippen LogP contribution is -2.39. The van der Waals surface area contributed by atoms with E-state index in [9.17, 15) is 0 Å². The molecule has 7 heteroatoms. The van der Waals surface area contributed by atoms with E-state index in [0.717, 1.165) is 44.4 Å². The first-order valence-electron chi connectivity index (χ1n) is 11.0. The fourth-order valence-corrected chi connectivity index (χ4v) is 3.76. The summed E-state index contributed by atoms with van der Waals surface area (Å²) in [7, 11) is 0. The molecule has 1 aromatic heterocycles. The number of benzene rings is 1. The molecule has 1 aromatic carbocycles. The van der Waals surface area contributed by atoms with Crippen LogP contribution in [0.25, 0.3) is 0 Å². The zero-order valence-electron chi connectivity index (χ0n) is 17.9. The Morgan fingerprint density at radius 2 is 1.86 bits per heavy atom. The summed E-state index contributed by atoms with van der Waals surface area (Å²) in [6.45, 7) is 10.8. The molecule has 2 N–H and O–H groups in total. The van der Waals surface area contributed by atoms with Crippen LogP contribution in [0.4, 0.5) is 0 Å². The highest BCUT2D eigenvalue weighted by molar-refractivity contribution is 5.79. The van der Waals surface area contributed by atoms with Crippen LogP contribution in [0.1, 0.15) is 50.1 Å². The minimum Gasteiger partial charge on any atom is -0.357 e. The van der Waals surface area contributed by atoms with Crippen LogP contribution in [0.2, 0.25) is 0 Å². The predicted molar refractivity (Wildman–Crippen MR) is 118 cm³/mol. The number of aliphatic imine (C=N–C) groups is 1. The van der Waals surface area contributed by atoms with E-state index in [1.807, 2.05) is 0 Å². The average molecular weight is 398 g/mol. The molecule has 3 rings (SSSR count). The van der Waals surface area contributed by atoms with E-state index in [2.05, 4.69) is 68.4 Å². The van der Waals surface area contributed by atoms with E-state index in [4.69, 9.17) is 4.99 Å². The number of hydrogen-bond acceptors (Lipinski definition) is 4. The van der Waals surface area contributed by atoms with E-state index in [1.54, 1.807) is 6.33 Å². The molecule has 1 aliphatic heterocycles. The molecule has 0 spiro atoms. The first-order valence-corrected chi connectivity index (χ1v) is 11.0. The van der Waals surface area contributed by atoms with Gasteiger partial charge >= 0.3 is 0 Å². The van der Waals surface area contributed by atoms with Crippen LogP contribution in [0.5, 0.6) is 0 Å². The molecule has 1 aliphatic rings. The Balaban J connectivity index is 1.57. The van der Waals surface area contributed by atoms with Gasteiger partial charge in [-0.1, -0.05) is 37.6 Å². The molecule has 2 heterocycles. The maximum Gasteiger partial charge on any atom is 0.191 e. The normalized spacial score (nSPS) is 15.4. The lowest BCUT2D eigenvalue weighted by atomic mass is 10.1. The van der Waals surface area contributed by atoms with Crippen LogP contribution in [0.15, 0.2) is 35.6 Å². The third kappa shape index (κ3) is 6.56. The van der Waals surface area contributed by atoms with Gasteiger partial charge in [-0.25, -0.2) is 4.99 Å². The molecule has 0 unspecified atom stereocenters. The maximum absolute atomic E-state index is 4.83. The Kier molecular flexibility index (Phi) is 8.49. The molecule has 29 heavy (non-hydrogen) atoms. The molecule has 0 aliphatic carbocycles. The number of aromatic nitrogens is 3. The van der Waals surface area contributed by atoms with Gasteiger partial charge in [0, 0.05) is 32.6 Å². The van der Waals surface area contributed by atoms with Gasteiger partial charge in [-0.05, 0) is 44.0 Å². The van der Waals surface area contributed by atoms with E-state index in [0.29, 0.717) is 6.54 Å². The van der Waals surface area contributed by atoms with Crippen LogP contribution in [-0.4, -0.2) is 51.8 Å². The molecule has 0 saturated carbocycles. The molecule has 0 bridgehead atoms. The number of guanidine groups is 1. The second-order valence-corrected chi connectivity index (χ2v) is 7.52. The van der Waals surface area contributed by atoms with Crippen molar-refractivity contribution in [3.8, 4) is 0 Å². The number of piperidine rings is 1. The van der Waals surface area contributed by atoms with Gasteiger partial charge in [-0.2, -0.15) is 0 Å². The first-order chi connectivity index (χ1) is 14.3. The van der Waals surface area contributed by atoms with Crippen molar-refractivity contribution in [2.45, 2.75) is 59.2 Å². The highest BCUT2D eigenvalue weighted by atomic mass is 15.3. The summed E-state index contributed by atoms with van der Waals surface area (Å²) in [6.07, 6.45) is 6.69. The zero-order valence-corrected chi connectivity index (χ0v) is 17.9. The predicted octanol–water partition coefficient (Wildman–Crippen LogP) is 2.58. The molecule has 0 atom stereocenters. The van der Waals surface area contributed by atoms with Crippen LogP contribution in [-0.2, 0) is 26.1 Å². The van der Waals surface area contributed by atoms with E-state index < -0.39 is 0 Å². The summed E-state index contributed by atoms with van der Waals surface area (Å²) in [6, 6.07) is 8.71. The molecule has 0 amide bonds. The number of likely N-dealkylation sites (tertiary alicyclic amines) is 1. The van der Waals surface area contributed by atoms with Gasteiger partial charge in [-0.15, -0.1) is 10.2 Å². The zero-order chi connectivity index (χ0) is 20.3. The minimum atomic E-state index is 0.687. The number of hydrogen-bond donors (Lipinski definition) is 2. The molecular formula is C22H35N7. The smallest absolute Gasteiger partial charge is 0.191 e. The van der Waals surface area contributed by atoms with Crippen LogP contribution < -0.4 is 10.6 Å². The largest absolute Gasteiger partial charge is 0.357 e. The van der Waals surface area contributed by atoms with Gasteiger partial charge in [0.05, 0.1) is 6.54 Å². The van der Waals surface area contributed by atoms with Gasteiger partial charge in [0.1, 0.15) is 12.2 Å². The Morgan fingerprint density at radius 1 is 1.07 bits per heavy atom. The minimum absolute atomic E-state index is 0.687. The summed E-state index contributed by atoms with van der Waals surface area (Å²) < 4.78 is 2.09. The number of nitrogens with zero attached hydrogens (tertiary/aromatic N) is 5. The molecule has 1 fully saturated rings. The maximum atomic E-state index is 4.83. The molecule has 1 saturated heterocycles. The van der Waals surface area contributed by atoms with E-state index in [-0.39, 0.29) is 0 Å². The number of nitrogens with one attached hydrogen (secondary N) is 2. The standard InChI is InChI=1S/C22H35N7/c1-3-21-27-26-18-29(21)15-12-24-22(23-4-2)25-16-19-10-6-7-11-20(19)17-28-13-8-5-9-14-28/h6-7,10-11,18H,3-5,8-9,12-17H2,1-2H3,(H2,23,24,25). The molecule has 7 nitrogen and oxygen atoms in total. The lowest BCUT2D eigenvalue weighted by Gasteiger charge is -2.27. The van der Waals surface area contributed by atoms with E-state index >= 15 is 0 Å². The quantitative estimate of drug-likeness (QED) is 0.503. The highest BCUT2D eigenvalue weighted by Gasteiger charge is 2.12. The number of aryl methyl sites for hydroxylation is 1. The van der Waals surface area contributed by atoms with Gasteiger partial charge < -0.3 is 15.2 Å². The number of rotatable bonds is 9. The third-order valence-corrected chi connectivity index (χ3v) is 5.37. The van der Waals surface area contributed by atoms with Crippen molar-refractivity contribution in [1.29, 1.82) is 0 Å². The third-order valence-electron chi connectivity index (χ3n) is 5.37. The van der Waals surface area contributed by atoms with Crippen molar-refractivity contribution in [3.05, 3.63) is 47.5 Å². The first kappa shape index (κ1) is 21.3. The Bertz CT molecular complexity index is 762. The van der Waals surface area contributed by atoms with Crippen molar-refractivity contribution < 1.29 is 0 Å². The van der Waals surface area contributed by atoms with E-state index in [1.165, 1.54) is 43.5 Å². The molecule has 2 aromatic rings. The monoisotopic (exact) mass is 397 g/mol. The summed E-state index contributed by atoms with van der Waals surface area (Å²) in [5.41, 5.74) is 2.70. The summed E-state index contributed by atoms with van der Waals surface area (Å²) in [5, 5.41) is 14.9. The Morgan fingerprint density at radius 3 is 2.62 bits per heavy atom. The fourth-order valence-electron chi connectivity index (χ4n) is 3.76. The summed E-state index contributed by atoms with van der Waals surface area (Å²) in [5.74, 6) is 1.87. The van der Waals surface area contributed by atoms with Crippen LogP contribution >= 0.6 is 0 Å². The highest BCUT2D eigenvalue weighted by Crippen LogP contribution is 2.16. The van der Waals surface area contributed by atoms with Gasteiger partial charge in [0.25, 0.3) is 0 Å². The summed E-state index contributed by atoms with van der Waals surface area (Å²) in [4.78, 5) is 7.40. The average Bonchev–Trinajstić information content (AvgIpc) is 3.21. The lowest BCUT2D eigenvalue weighted by molar-refractivity contribution is 0.220. The van der Waals surface area contributed by atoms with Gasteiger partial charge in [0.2, 0.25) is 0 Å². The van der Waals surface area contributed by atoms with Gasteiger partial charge in [-0.3, -0.25) is 4.90 Å².